The molecule has 0 radical (unpaired) electrons. The van der Waals surface area contributed by atoms with Gasteiger partial charge in [0, 0.05) is 6.54 Å². The van der Waals surface area contributed by atoms with E-state index >= 15 is 0 Å². The highest BCUT2D eigenvalue weighted by molar-refractivity contribution is 4.69. The van der Waals surface area contributed by atoms with Gasteiger partial charge in [0.05, 0.1) is 0 Å². The van der Waals surface area contributed by atoms with E-state index in [2.05, 4.69) is 25.7 Å². The van der Waals surface area contributed by atoms with Crippen LogP contribution in [-0.4, -0.2) is 13.1 Å². The Kier molecular flexibility index (Phi) is 7.59. The van der Waals surface area contributed by atoms with Gasteiger partial charge < -0.3 is 5.32 Å². The molecular formula is C10H21N. The van der Waals surface area contributed by atoms with E-state index in [0.29, 0.717) is 0 Å². The number of rotatable bonds is 7. The van der Waals surface area contributed by atoms with E-state index in [9.17, 15) is 0 Å². The number of nitrogens with one attached hydrogen (secondary N) is 1. The quantitative estimate of drug-likeness (QED) is 0.440. The van der Waals surface area contributed by atoms with Gasteiger partial charge in [-0.25, -0.2) is 0 Å². The van der Waals surface area contributed by atoms with Gasteiger partial charge in [0.25, 0.3) is 0 Å². The van der Waals surface area contributed by atoms with Gasteiger partial charge >= 0.3 is 0 Å². The summed E-state index contributed by atoms with van der Waals surface area (Å²) in [6.45, 7) is 10.3. The Bertz CT molecular complexity index is 86.9. The van der Waals surface area contributed by atoms with Gasteiger partial charge in [-0.2, -0.15) is 0 Å². The van der Waals surface area contributed by atoms with Crippen molar-refractivity contribution in [1.29, 1.82) is 0 Å². The standard InChI is InChI=1S/C10H21N/c1-4-8-11-9-6-5-7-10(2)3/h4,10-11H,1,5-9H2,2-3H3. The minimum absolute atomic E-state index is 0.856. The molecule has 0 bridgehead atoms. The van der Waals surface area contributed by atoms with Crippen LogP contribution in [0.25, 0.3) is 0 Å². The van der Waals surface area contributed by atoms with Crippen molar-refractivity contribution in [2.45, 2.75) is 33.1 Å². The van der Waals surface area contributed by atoms with E-state index in [-0.39, 0.29) is 0 Å². The third kappa shape index (κ3) is 9.70. The highest BCUT2D eigenvalue weighted by Gasteiger charge is 1.92. The third-order valence-corrected chi connectivity index (χ3v) is 1.67. The van der Waals surface area contributed by atoms with Gasteiger partial charge in [0.15, 0.2) is 0 Å². The zero-order valence-electron chi connectivity index (χ0n) is 7.90. The van der Waals surface area contributed by atoms with Crippen LogP contribution in [0.3, 0.4) is 0 Å². The van der Waals surface area contributed by atoms with Crippen LogP contribution in [-0.2, 0) is 0 Å². The van der Waals surface area contributed by atoms with Crippen molar-refractivity contribution in [2.75, 3.05) is 13.1 Å². The first-order chi connectivity index (χ1) is 5.27. The molecule has 0 fully saturated rings. The summed E-state index contributed by atoms with van der Waals surface area (Å²) in [6.07, 6.45) is 5.91. The normalized spacial score (nSPS) is 10.5. The fraction of sp³-hybridized carbons (Fsp3) is 0.800. The molecule has 0 amide bonds. The molecule has 0 rings (SSSR count). The summed E-state index contributed by atoms with van der Waals surface area (Å²) in [5.41, 5.74) is 0. The van der Waals surface area contributed by atoms with Crippen LogP contribution in [0, 0.1) is 5.92 Å². The van der Waals surface area contributed by atoms with Gasteiger partial charge in [0.1, 0.15) is 0 Å². The molecule has 0 atom stereocenters. The number of hydrogen-bond acceptors (Lipinski definition) is 1. The van der Waals surface area contributed by atoms with Crippen LogP contribution in [0.4, 0.5) is 0 Å². The van der Waals surface area contributed by atoms with Crippen LogP contribution in [0.15, 0.2) is 12.7 Å². The lowest BCUT2D eigenvalue weighted by Gasteiger charge is -2.04. The first kappa shape index (κ1) is 10.7. The summed E-state index contributed by atoms with van der Waals surface area (Å²) in [4.78, 5) is 0. The van der Waals surface area contributed by atoms with Crippen molar-refractivity contribution in [3.63, 3.8) is 0 Å². The van der Waals surface area contributed by atoms with Crippen molar-refractivity contribution in [3.8, 4) is 0 Å². The maximum absolute atomic E-state index is 3.64. The molecule has 66 valence electrons. The molecule has 0 aliphatic rings. The highest BCUT2D eigenvalue weighted by Crippen LogP contribution is 2.04. The summed E-state index contributed by atoms with van der Waals surface area (Å²) in [7, 11) is 0. The average Bonchev–Trinajstić information content (AvgIpc) is 1.96. The van der Waals surface area contributed by atoms with E-state index < -0.39 is 0 Å². The number of unbranched alkanes of at least 4 members (excludes halogenated alkanes) is 1. The van der Waals surface area contributed by atoms with E-state index in [1.165, 1.54) is 19.3 Å². The summed E-state index contributed by atoms with van der Waals surface area (Å²) >= 11 is 0. The zero-order valence-corrected chi connectivity index (χ0v) is 7.90. The maximum atomic E-state index is 3.64. The molecule has 0 heterocycles. The highest BCUT2D eigenvalue weighted by atomic mass is 14.8. The zero-order chi connectivity index (χ0) is 8.53. The summed E-state index contributed by atoms with van der Waals surface area (Å²) in [5, 5.41) is 3.29. The predicted molar refractivity (Wildman–Crippen MR) is 51.8 cm³/mol. The summed E-state index contributed by atoms with van der Waals surface area (Å²) in [5.74, 6) is 0.856. The summed E-state index contributed by atoms with van der Waals surface area (Å²) in [6, 6.07) is 0. The minimum atomic E-state index is 0.856. The Labute approximate surface area is 70.9 Å². The van der Waals surface area contributed by atoms with E-state index in [1.54, 1.807) is 0 Å². The van der Waals surface area contributed by atoms with Crippen molar-refractivity contribution >= 4 is 0 Å². The molecule has 1 heteroatoms. The smallest absolute Gasteiger partial charge is 0.0132 e. The van der Waals surface area contributed by atoms with Crippen LogP contribution in [0.5, 0.6) is 0 Å². The van der Waals surface area contributed by atoms with E-state index in [4.69, 9.17) is 0 Å². The van der Waals surface area contributed by atoms with Gasteiger partial charge in [-0.15, -0.1) is 6.58 Å². The molecule has 0 saturated carbocycles. The lowest BCUT2D eigenvalue weighted by atomic mass is 10.1. The van der Waals surface area contributed by atoms with E-state index in [0.717, 1.165) is 19.0 Å². The largest absolute Gasteiger partial charge is 0.313 e. The second kappa shape index (κ2) is 7.80. The Balaban J connectivity index is 2.85. The second-order valence-electron chi connectivity index (χ2n) is 3.38. The Morgan fingerprint density at radius 2 is 2.09 bits per heavy atom. The lowest BCUT2D eigenvalue weighted by molar-refractivity contribution is 0.527. The molecule has 0 aromatic heterocycles. The van der Waals surface area contributed by atoms with E-state index in [1.807, 2.05) is 6.08 Å². The first-order valence-corrected chi connectivity index (χ1v) is 4.59. The molecule has 0 aliphatic heterocycles. The Morgan fingerprint density at radius 1 is 1.36 bits per heavy atom. The van der Waals surface area contributed by atoms with Crippen LogP contribution in [0.1, 0.15) is 33.1 Å². The van der Waals surface area contributed by atoms with Crippen LogP contribution in [0.2, 0.25) is 0 Å². The molecule has 0 aromatic rings. The molecule has 0 saturated heterocycles. The first-order valence-electron chi connectivity index (χ1n) is 4.59. The SMILES string of the molecule is C=CCNCCCCC(C)C. The predicted octanol–water partition coefficient (Wildman–Crippen LogP) is 2.59. The molecule has 0 spiro atoms. The van der Waals surface area contributed by atoms with Gasteiger partial charge in [-0.3, -0.25) is 0 Å². The fourth-order valence-electron chi connectivity index (χ4n) is 1.01. The van der Waals surface area contributed by atoms with Crippen molar-refractivity contribution in [3.05, 3.63) is 12.7 Å². The molecule has 1 N–H and O–H groups in total. The van der Waals surface area contributed by atoms with Crippen molar-refractivity contribution < 1.29 is 0 Å². The topological polar surface area (TPSA) is 12.0 Å². The van der Waals surface area contributed by atoms with Gasteiger partial charge in [0.2, 0.25) is 0 Å². The molecule has 11 heavy (non-hydrogen) atoms. The average molecular weight is 155 g/mol. The Morgan fingerprint density at radius 3 is 2.64 bits per heavy atom. The molecule has 0 aromatic carbocycles. The third-order valence-electron chi connectivity index (χ3n) is 1.67. The van der Waals surface area contributed by atoms with Crippen molar-refractivity contribution in [2.24, 2.45) is 5.92 Å². The molecule has 0 aliphatic carbocycles. The monoisotopic (exact) mass is 155 g/mol. The summed E-state index contributed by atoms with van der Waals surface area (Å²) < 4.78 is 0. The second-order valence-corrected chi connectivity index (χ2v) is 3.38. The van der Waals surface area contributed by atoms with Crippen molar-refractivity contribution in [1.82, 2.24) is 5.32 Å². The molecule has 0 unspecified atom stereocenters. The Hall–Kier alpha value is -0.300. The van der Waals surface area contributed by atoms with Gasteiger partial charge in [-0.05, 0) is 18.9 Å². The number of hydrogen-bond donors (Lipinski definition) is 1. The fourth-order valence-corrected chi connectivity index (χ4v) is 1.01. The van der Waals surface area contributed by atoms with Gasteiger partial charge in [-0.1, -0.05) is 32.8 Å². The molecular weight excluding hydrogens is 134 g/mol. The molecule has 1 nitrogen and oxygen atoms in total. The maximum Gasteiger partial charge on any atom is 0.0132 e. The lowest BCUT2D eigenvalue weighted by Crippen LogP contribution is -2.14. The minimum Gasteiger partial charge on any atom is -0.313 e. The van der Waals surface area contributed by atoms with Crippen LogP contribution < -0.4 is 5.32 Å². The van der Waals surface area contributed by atoms with Crippen LogP contribution >= 0.6 is 0 Å².